The molecule has 0 aliphatic heterocycles. The van der Waals surface area contributed by atoms with Crippen molar-refractivity contribution in [2.75, 3.05) is 27.9 Å². The smallest absolute Gasteiger partial charge is 0.338 e. The number of carbonyl (C=O) groups excluding carboxylic acids is 2. The second-order valence-corrected chi connectivity index (χ2v) is 11.4. The number of oxime groups is 1. The molecule has 3 rings (SSSR count). The molecule has 3 atom stereocenters. The van der Waals surface area contributed by atoms with Crippen molar-refractivity contribution < 1.29 is 50.4 Å². The zero-order chi connectivity index (χ0) is 32.4. The number of rotatable bonds is 14. The largest absolute Gasteiger partial charge is 0.497 e. The minimum atomic E-state index is -4.89. The highest BCUT2D eigenvalue weighted by molar-refractivity contribution is 7.87. The number of esters is 2. The lowest BCUT2D eigenvalue weighted by Gasteiger charge is -2.27. The number of benzene rings is 3. The molecule has 0 aromatic heterocycles. The van der Waals surface area contributed by atoms with Gasteiger partial charge in [-0.05, 0) is 60.7 Å². The summed E-state index contributed by atoms with van der Waals surface area (Å²) >= 11 is 18.0. The van der Waals surface area contributed by atoms with Crippen molar-refractivity contribution in [2.24, 2.45) is 5.16 Å². The standard InChI is InChI=1S/C28H25Cl3FNO10S/c1-38-18-8-4-16(5-9-18)27(34)41-15-24(43-44(36,37)25-13-21(30)20(29)12-22(25)31)26(23(32)14-33-40-3)42-28(35)17-6-10-19(39-2)11-7-17/h4-14,23-24,26H,15H2,1-3H3/b33-14-/t23-,24-,26+/m1/s1. The predicted molar refractivity (Wildman–Crippen MR) is 159 cm³/mol. The van der Waals surface area contributed by atoms with Crippen LogP contribution in [0.4, 0.5) is 4.39 Å². The fraction of sp³-hybridized carbons (Fsp3) is 0.250. The third kappa shape index (κ3) is 9.19. The Morgan fingerprint density at radius 2 is 1.36 bits per heavy atom. The van der Waals surface area contributed by atoms with Crippen LogP contribution < -0.4 is 9.47 Å². The molecule has 0 aliphatic carbocycles. The topological polar surface area (TPSA) is 136 Å². The molecule has 3 aromatic rings. The van der Waals surface area contributed by atoms with E-state index in [0.717, 1.165) is 19.2 Å². The Hall–Kier alpha value is -3.62. The van der Waals surface area contributed by atoms with Crippen LogP contribution in [0, 0.1) is 0 Å². The number of alkyl halides is 1. The second-order valence-electron chi connectivity index (χ2n) is 8.59. The van der Waals surface area contributed by atoms with Gasteiger partial charge in [-0.15, -0.1) is 0 Å². The summed E-state index contributed by atoms with van der Waals surface area (Å²) < 4.78 is 68.4. The first-order valence-corrected chi connectivity index (χ1v) is 14.9. The summed E-state index contributed by atoms with van der Waals surface area (Å²) in [6, 6.07) is 13.3. The van der Waals surface area contributed by atoms with Crippen LogP contribution in [0.3, 0.4) is 0 Å². The molecule has 16 heteroatoms. The molecule has 3 aromatic carbocycles. The van der Waals surface area contributed by atoms with Gasteiger partial charge in [0.05, 0.1) is 46.6 Å². The molecule has 0 spiro atoms. The lowest BCUT2D eigenvalue weighted by molar-refractivity contribution is -0.0478. The van der Waals surface area contributed by atoms with Gasteiger partial charge in [0.25, 0.3) is 10.1 Å². The van der Waals surface area contributed by atoms with E-state index in [9.17, 15) is 18.0 Å². The van der Waals surface area contributed by atoms with Gasteiger partial charge in [-0.1, -0.05) is 40.0 Å². The molecule has 44 heavy (non-hydrogen) atoms. The molecule has 0 saturated carbocycles. The third-order valence-corrected chi connectivity index (χ3v) is 8.28. The highest BCUT2D eigenvalue weighted by atomic mass is 35.5. The fourth-order valence-electron chi connectivity index (χ4n) is 3.52. The number of carbonyl (C=O) groups is 2. The Morgan fingerprint density at radius 3 is 1.89 bits per heavy atom. The van der Waals surface area contributed by atoms with Gasteiger partial charge < -0.3 is 23.8 Å². The van der Waals surface area contributed by atoms with E-state index in [-0.39, 0.29) is 26.2 Å². The Bertz CT molecular complexity index is 1590. The monoisotopic (exact) mass is 691 g/mol. The van der Waals surface area contributed by atoms with Gasteiger partial charge in [0.2, 0.25) is 0 Å². The minimum absolute atomic E-state index is 0.0453. The van der Waals surface area contributed by atoms with Crippen LogP contribution in [-0.2, 0) is 28.6 Å². The lowest BCUT2D eigenvalue weighted by Crippen LogP contribution is -2.45. The average Bonchev–Trinajstić information content (AvgIpc) is 3.02. The Kier molecular flexibility index (Phi) is 12.6. The number of hydrogen-bond donors (Lipinski definition) is 0. The molecule has 0 aliphatic rings. The number of hydrogen-bond acceptors (Lipinski definition) is 11. The van der Waals surface area contributed by atoms with Crippen molar-refractivity contribution in [1.29, 1.82) is 0 Å². The molecule has 0 radical (unpaired) electrons. The van der Waals surface area contributed by atoms with E-state index >= 15 is 4.39 Å². The minimum Gasteiger partial charge on any atom is -0.497 e. The van der Waals surface area contributed by atoms with Crippen LogP contribution in [0.1, 0.15) is 20.7 Å². The van der Waals surface area contributed by atoms with Crippen molar-refractivity contribution >= 4 is 63.1 Å². The van der Waals surface area contributed by atoms with Crippen LogP contribution >= 0.6 is 34.8 Å². The quantitative estimate of drug-likeness (QED) is 0.0671. The molecular formula is C28H25Cl3FNO10S. The summed E-state index contributed by atoms with van der Waals surface area (Å²) in [6.07, 6.45) is -5.79. The molecule has 11 nitrogen and oxygen atoms in total. The Balaban J connectivity index is 2.01. The van der Waals surface area contributed by atoms with Crippen LogP contribution in [-0.4, -0.2) is 72.9 Å². The molecule has 236 valence electrons. The maximum atomic E-state index is 15.6. The summed E-state index contributed by atoms with van der Waals surface area (Å²) in [4.78, 5) is 29.7. The Morgan fingerprint density at radius 1 is 0.841 bits per heavy atom. The first kappa shape index (κ1) is 34.9. The zero-order valence-electron chi connectivity index (χ0n) is 23.2. The summed E-state index contributed by atoms with van der Waals surface area (Å²) in [5.74, 6) is -1.14. The fourth-order valence-corrected chi connectivity index (χ4v) is 5.57. The van der Waals surface area contributed by atoms with E-state index < -0.39 is 51.9 Å². The maximum absolute atomic E-state index is 15.6. The van der Waals surface area contributed by atoms with E-state index in [1.807, 2.05) is 0 Å². The van der Waals surface area contributed by atoms with E-state index in [1.54, 1.807) is 0 Å². The van der Waals surface area contributed by atoms with Crippen molar-refractivity contribution in [3.8, 4) is 11.5 Å². The van der Waals surface area contributed by atoms with Crippen LogP contribution in [0.5, 0.6) is 11.5 Å². The van der Waals surface area contributed by atoms with E-state index in [1.165, 1.54) is 62.8 Å². The van der Waals surface area contributed by atoms with Crippen LogP contribution in [0.2, 0.25) is 15.1 Å². The predicted octanol–water partition coefficient (Wildman–Crippen LogP) is 5.79. The molecule has 0 unspecified atom stereocenters. The highest BCUT2D eigenvalue weighted by Crippen LogP contribution is 2.33. The van der Waals surface area contributed by atoms with Gasteiger partial charge >= 0.3 is 11.9 Å². The highest BCUT2D eigenvalue weighted by Gasteiger charge is 2.39. The van der Waals surface area contributed by atoms with Crippen molar-refractivity contribution in [3.05, 3.63) is 86.9 Å². The van der Waals surface area contributed by atoms with Crippen molar-refractivity contribution in [1.82, 2.24) is 0 Å². The SMILES string of the molecule is CO/N=C\[C@@H](F)[C@H](OC(=O)c1ccc(OC)cc1)[C@@H](COC(=O)c1ccc(OC)cc1)OS(=O)(=O)c1cc(Cl)c(Cl)cc1Cl. The van der Waals surface area contributed by atoms with Crippen LogP contribution in [0.15, 0.2) is 70.7 Å². The number of ether oxygens (including phenoxy) is 4. The van der Waals surface area contributed by atoms with Gasteiger partial charge in [-0.2, -0.15) is 8.42 Å². The number of methoxy groups -OCH3 is 2. The average molecular weight is 693 g/mol. The van der Waals surface area contributed by atoms with Gasteiger partial charge in [0.1, 0.15) is 30.1 Å². The first-order valence-electron chi connectivity index (χ1n) is 12.3. The maximum Gasteiger partial charge on any atom is 0.338 e. The summed E-state index contributed by atoms with van der Waals surface area (Å²) in [7, 11) is -0.912. The Labute approximate surface area is 267 Å². The van der Waals surface area contributed by atoms with Gasteiger partial charge in [0, 0.05) is 0 Å². The molecule has 0 heterocycles. The normalized spacial score (nSPS) is 13.5. The number of halogens is 4. The van der Waals surface area contributed by atoms with E-state index in [0.29, 0.717) is 17.7 Å². The number of nitrogens with zero attached hydrogens (tertiary/aromatic N) is 1. The summed E-state index contributed by atoms with van der Waals surface area (Å²) in [5, 5.41) is 2.73. The summed E-state index contributed by atoms with van der Waals surface area (Å²) in [6.45, 7) is -0.926. The second kappa shape index (κ2) is 15.9. The first-order chi connectivity index (χ1) is 20.9. The van der Waals surface area contributed by atoms with Crippen molar-refractivity contribution in [2.45, 2.75) is 23.3 Å². The van der Waals surface area contributed by atoms with E-state index in [4.69, 9.17) is 57.9 Å². The van der Waals surface area contributed by atoms with Gasteiger partial charge in [0.15, 0.2) is 18.4 Å². The van der Waals surface area contributed by atoms with Crippen molar-refractivity contribution in [3.63, 3.8) is 0 Å². The molecule has 0 N–H and O–H groups in total. The molecule has 0 saturated heterocycles. The van der Waals surface area contributed by atoms with Gasteiger partial charge in [-0.3, -0.25) is 4.18 Å². The third-order valence-electron chi connectivity index (χ3n) is 5.76. The molecule has 0 fully saturated rings. The lowest BCUT2D eigenvalue weighted by atomic mass is 10.1. The molecule has 0 bridgehead atoms. The molecular weight excluding hydrogens is 668 g/mol. The van der Waals surface area contributed by atoms with E-state index in [2.05, 4.69) is 9.99 Å². The molecule has 0 amide bonds. The summed E-state index contributed by atoms with van der Waals surface area (Å²) in [5.41, 5.74) is 0.000462. The van der Waals surface area contributed by atoms with Gasteiger partial charge in [-0.25, -0.2) is 14.0 Å². The zero-order valence-corrected chi connectivity index (χ0v) is 26.3. The van der Waals surface area contributed by atoms with Crippen LogP contribution in [0.25, 0.3) is 0 Å².